The van der Waals surface area contributed by atoms with E-state index < -0.39 is 0 Å². The lowest BCUT2D eigenvalue weighted by atomic mass is 9.76. The van der Waals surface area contributed by atoms with Crippen molar-refractivity contribution in [3.8, 4) is 0 Å². The highest BCUT2D eigenvalue weighted by Crippen LogP contribution is 2.58. The summed E-state index contributed by atoms with van der Waals surface area (Å²) in [6, 6.07) is 0. The molecule has 0 aromatic heterocycles. The molecule has 12 heavy (non-hydrogen) atoms. The highest BCUT2D eigenvalue weighted by Gasteiger charge is 2.51. The average molecular weight is 164 g/mol. The van der Waals surface area contributed by atoms with Gasteiger partial charge in [0, 0.05) is 6.61 Å². The van der Waals surface area contributed by atoms with Crippen LogP contribution in [0.15, 0.2) is 12.2 Å². The topological polar surface area (TPSA) is 20.2 Å². The Balaban J connectivity index is 1.86. The molecule has 5 atom stereocenters. The molecule has 2 saturated carbocycles. The van der Waals surface area contributed by atoms with Crippen molar-refractivity contribution < 1.29 is 5.11 Å². The first kappa shape index (κ1) is 7.14. The summed E-state index contributed by atoms with van der Waals surface area (Å²) in [5.41, 5.74) is 0. The molecule has 2 bridgehead atoms. The van der Waals surface area contributed by atoms with E-state index in [4.69, 9.17) is 0 Å². The smallest absolute Gasteiger partial charge is 0.0462 e. The Labute approximate surface area is 73.5 Å². The molecule has 0 aromatic carbocycles. The molecule has 1 N–H and O–H groups in total. The summed E-state index contributed by atoms with van der Waals surface area (Å²) >= 11 is 0. The van der Waals surface area contributed by atoms with Gasteiger partial charge in [-0.25, -0.2) is 0 Å². The number of rotatable bonds is 1. The van der Waals surface area contributed by atoms with Gasteiger partial charge in [-0.2, -0.15) is 0 Å². The van der Waals surface area contributed by atoms with Crippen LogP contribution < -0.4 is 0 Å². The van der Waals surface area contributed by atoms with E-state index in [9.17, 15) is 5.11 Å². The van der Waals surface area contributed by atoms with Gasteiger partial charge in [0.25, 0.3) is 0 Å². The third-order valence-electron chi connectivity index (χ3n) is 4.38. The third-order valence-corrected chi connectivity index (χ3v) is 4.38. The van der Waals surface area contributed by atoms with Crippen molar-refractivity contribution in [1.29, 1.82) is 0 Å². The van der Waals surface area contributed by atoms with E-state index in [-0.39, 0.29) is 0 Å². The SMILES string of the molecule is OCC1CC2CC1C1CC=CC21. The number of aliphatic hydroxyl groups is 1. The summed E-state index contributed by atoms with van der Waals surface area (Å²) in [5, 5.41) is 9.19. The van der Waals surface area contributed by atoms with E-state index in [0.29, 0.717) is 12.5 Å². The Hall–Kier alpha value is -0.300. The van der Waals surface area contributed by atoms with E-state index >= 15 is 0 Å². The van der Waals surface area contributed by atoms with Gasteiger partial charge in [0.1, 0.15) is 0 Å². The summed E-state index contributed by atoms with van der Waals surface area (Å²) in [7, 11) is 0. The fourth-order valence-corrected chi connectivity index (χ4v) is 3.91. The molecule has 1 nitrogen and oxygen atoms in total. The Morgan fingerprint density at radius 2 is 2.17 bits per heavy atom. The molecule has 0 spiro atoms. The van der Waals surface area contributed by atoms with Gasteiger partial charge in [0.15, 0.2) is 0 Å². The zero-order valence-corrected chi connectivity index (χ0v) is 7.32. The molecule has 1 heteroatoms. The largest absolute Gasteiger partial charge is 0.396 e. The van der Waals surface area contributed by atoms with Gasteiger partial charge < -0.3 is 5.11 Å². The van der Waals surface area contributed by atoms with Gasteiger partial charge in [-0.3, -0.25) is 0 Å². The maximum atomic E-state index is 9.19. The number of aliphatic hydroxyl groups excluding tert-OH is 1. The summed E-state index contributed by atoms with van der Waals surface area (Å²) in [5.74, 6) is 4.26. The summed E-state index contributed by atoms with van der Waals surface area (Å²) in [4.78, 5) is 0. The van der Waals surface area contributed by atoms with Crippen LogP contribution >= 0.6 is 0 Å². The molecule has 66 valence electrons. The molecule has 2 fully saturated rings. The average Bonchev–Trinajstić information content (AvgIpc) is 2.75. The van der Waals surface area contributed by atoms with E-state index in [0.717, 1.165) is 23.7 Å². The van der Waals surface area contributed by atoms with Gasteiger partial charge >= 0.3 is 0 Å². The van der Waals surface area contributed by atoms with Gasteiger partial charge in [0.05, 0.1) is 0 Å². The zero-order chi connectivity index (χ0) is 8.13. The van der Waals surface area contributed by atoms with Gasteiger partial charge in [-0.1, -0.05) is 12.2 Å². The first-order valence-electron chi connectivity index (χ1n) is 5.17. The van der Waals surface area contributed by atoms with Crippen LogP contribution in [0, 0.1) is 29.6 Å². The van der Waals surface area contributed by atoms with Crippen molar-refractivity contribution in [2.24, 2.45) is 29.6 Å². The lowest BCUT2D eigenvalue weighted by Crippen LogP contribution is -2.26. The van der Waals surface area contributed by atoms with Crippen molar-refractivity contribution >= 4 is 0 Å². The highest BCUT2D eigenvalue weighted by atomic mass is 16.3. The van der Waals surface area contributed by atoms with Gasteiger partial charge in [-0.05, 0) is 48.9 Å². The molecule has 0 radical (unpaired) electrons. The maximum Gasteiger partial charge on any atom is 0.0462 e. The molecular formula is C11H16O. The molecule has 0 aliphatic heterocycles. The van der Waals surface area contributed by atoms with Crippen LogP contribution in [0.4, 0.5) is 0 Å². The van der Waals surface area contributed by atoms with Crippen LogP contribution in [0.1, 0.15) is 19.3 Å². The number of fused-ring (bicyclic) bond motifs is 5. The minimum absolute atomic E-state index is 0.435. The van der Waals surface area contributed by atoms with Gasteiger partial charge in [-0.15, -0.1) is 0 Å². The fraction of sp³-hybridized carbons (Fsp3) is 0.818. The number of hydrogen-bond acceptors (Lipinski definition) is 1. The Kier molecular flexibility index (Phi) is 1.40. The van der Waals surface area contributed by atoms with Crippen LogP contribution in [0.25, 0.3) is 0 Å². The molecule has 3 aliphatic carbocycles. The van der Waals surface area contributed by atoms with E-state index in [1.165, 1.54) is 19.3 Å². The minimum Gasteiger partial charge on any atom is -0.396 e. The summed E-state index contributed by atoms with van der Waals surface area (Å²) in [6.07, 6.45) is 8.79. The van der Waals surface area contributed by atoms with E-state index in [1.807, 2.05) is 0 Å². The van der Waals surface area contributed by atoms with Crippen molar-refractivity contribution in [1.82, 2.24) is 0 Å². The molecular weight excluding hydrogens is 148 g/mol. The first-order chi connectivity index (χ1) is 5.90. The Morgan fingerprint density at radius 3 is 3.00 bits per heavy atom. The van der Waals surface area contributed by atoms with E-state index in [2.05, 4.69) is 12.2 Å². The highest BCUT2D eigenvalue weighted by molar-refractivity contribution is 5.13. The van der Waals surface area contributed by atoms with Crippen molar-refractivity contribution in [3.63, 3.8) is 0 Å². The first-order valence-corrected chi connectivity index (χ1v) is 5.17. The summed E-state index contributed by atoms with van der Waals surface area (Å²) in [6.45, 7) is 0.435. The second-order valence-corrected chi connectivity index (χ2v) is 4.74. The van der Waals surface area contributed by atoms with Crippen LogP contribution in [0.2, 0.25) is 0 Å². The Morgan fingerprint density at radius 1 is 1.25 bits per heavy atom. The standard InChI is InChI=1S/C11H16O/c12-6-8-4-7-5-11(8)10-3-1-2-9(7)10/h1-2,7-12H,3-6H2. The molecule has 3 aliphatic rings. The lowest BCUT2D eigenvalue weighted by molar-refractivity contribution is 0.128. The predicted molar refractivity (Wildman–Crippen MR) is 47.5 cm³/mol. The lowest BCUT2D eigenvalue weighted by Gasteiger charge is -2.30. The van der Waals surface area contributed by atoms with Crippen LogP contribution in [-0.2, 0) is 0 Å². The van der Waals surface area contributed by atoms with Gasteiger partial charge in [0.2, 0.25) is 0 Å². The van der Waals surface area contributed by atoms with Crippen molar-refractivity contribution in [2.45, 2.75) is 19.3 Å². The number of hydrogen-bond donors (Lipinski definition) is 1. The number of allylic oxidation sites excluding steroid dienone is 2. The molecule has 0 saturated heterocycles. The molecule has 5 unspecified atom stereocenters. The molecule has 3 rings (SSSR count). The molecule has 0 aromatic rings. The van der Waals surface area contributed by atoms with E-state index in [1.54, 1.807) is 0 Å². The monoisotopic (exact) mass is 164 g/mol. The van der Waals surface area contributed by atoms with Crippen LogP contribution in [-0.4, -0.2) is 11.7 Å². The van der Waals surface area contributed by atoms with Crippen LogP contribution in [0.3, 0.4) is 0 Å². The quantitative estimate of drug-likeness (QED) is 0.586. The van der Waals surface area contributed by atoms with Crippen LogP contribution in [0.5, 0.6) is 0 Å². The third kappa shape index (κ3) is 0.731. The fourth-order valence-electron chi connectivity index (χ4n) is 3.91. The zero-order valence-electron chi connectivity index (χ0n) is 7.32. The Bertz CT molecular complexity index is 219. The maximum absolute atomic E-state index is 9.19. The second-order valence-electron chi connectivity index (χ2n) is 4.74. The summed E-state index contributed by atoms with van der Waals surface area (Å²) < 4.78 is 0. The van der Waals surface area contributed by atoms with Crippen molar-refractivity contribution in [2.75, 3.05) is 6.61 Å². The molecule has 0 heterocycles. The second kappa shape index (κ2) is 2.35. The van der Waals surface area contributed by atoms with Crippen molar-refractivity contribution in [3.05, 3.63) is 12.2 Å². The molecule has 0 amide bonds. The minimum atomic E-state index is 0.435. The normalized spacial score (nSPS) is 54.9. The predicted octanol–water partition coefficient (Wildman–Crippen LogP) is 1.83.